The van der Waals surface area contributed by atoms with E-state index in [9.17, 15) is 13.6 Å². The number of nitrogens with two attached hydrogens (primary N) is 1. The van der Waals surface area contributed by atoms with Gasteiger partial charge in [0.2, 0.25) is 0 Å². The molecule has 0 saturated heterocycles. The first kappa shape index (κ1) is 15.4. The van der Waals surface area contributed by atoms with Gasteiger partial charge in [-0.15, -0.1) is 0 Å². The Kier molecular flexibility index (Phi) is 5.26. The van der Waals surface area contributed by atoms with Crippen LogP contribution in [0.4, 0.5) is 8.78 Å². The van der Waals surface area contributed by atoms with Crippen LogP contribution in [-0.2, 0) is 4.79 Å². The Morgan fingerprint density at radius 3 is 2.63 bits per heavy atom. The number of benzene rings is 1. The van der Waals surface area contributed by atoms with Gasteiger partial charge >= 0.3 is 12.6 Å². The second-order valence-corrected chi connectivity index (χ2v) is 4.11. The smallest absolute Gasteiger partial charge is 0.387 e. The second kappa shape index (κ2) is 6.49. The number of hydrogen-bond acceptors (Lipinski definition) is 3. The lowest BCUT2D eigenvalue weighted by atomic mass is 10.1. The molecule has 0 heterocycles. The third-order valence-corrected chi connectivity index (χ3v) is 2.57. The number of alkyl halides is 2. The summed E-state index contributed by atoms with van der Waals surface area (Å²) in [6.07, 6.45) is 1.33. The number of carbonyl (C=O) groups is 1. The summed E-state index contributed by atoms with van der Waals surface area (Å²) in [5, 5.41) is 8.82. The summed E-state index contributed by atoms with van der Waals surface area (Å²) in [6, 6.07) is 2.83. The SMILES string of the molecule is Cc1cc(C=C(CN)C(=O)O)cc(Cl)c1OC(F)F. The Morgan fingerprint density at radius 1 is 1.58 bits per heavy atom. The van der Waals surface area contributed by atoms with E-state index in [-0.39, 0.29) is 22.9 Å². The van der Waals surface area contributed by atoms with Crippen molar-refractivity contribution in [3.05, 3.63) is 33.9 Å². The summed E-state index contributed by atoms with van der Waals surface area (Å²) in [7, 11) is 0. The Balaban J connectivity index is 3.17. The number of carboxylic acids is 1. The van der Waals surface area contributed by atoms with Gasteiger partial charge in [-0.3, -0.25) is 0 Å². The highest BCUT2D eigenvalue weighted by Crippen LogP contribution is 2.31. The molecule has 1 aromatic carbocycles. The molecule has 0 aliphatic heterocycles. The molecule has 0 aromatic heterocycles. The molecular formula is C12H12ClF2NO3. The molecule has 104 valence electrons. The first-order valence-electron chi connectivity index (χ1n) is 5.24. The highest BCUT2D eigenvalue weighted by atomic mass is 35.5. The third-order valence-electron chi connectivity index (χ3n) is 2.29. The number of aryl methyl sites for hydroxylation is 1. The topological polar surface area (TPSA) is 72.6 Å². The first-order chi connectivity index (χ1) is 8.85. The molecule has 1 aromatic rings. The Bertz CT molecular complexity index is 495. The van der Waals surface area contributed by atoms with Crippen LogP contribution >= 0.6 is 11.6 Å². The van der Waals surface area contributed by atoms with Crippen LogP contribution in [0, 0.1) is 6.92 Å². The van der Waals surface area contributed by atoms with Crippen LogP contribution in [0.5, 0.6) is 5.75 Å². The lowest BCUT2D eigenvalue weighted by Crippen LogP contribution is -2.11. The van der Waals surface area contributed by atoms with Crippen molar-refractivity contribution in [3.8, 4) is 5.75 Å². The predicted octanol–water partition coefficient (Wildman–Crippen LogP) is 2.68. The molecule has 0 fully saturated rings. The maximum atomic E-state index is 12.2. The summed E-state index contributed by atoms with van der Waals surface area (Å²) < 4.78 is 28.6. The molecule has 0 saturated carbocycles. The van der Waals surface area contributed by atoms with E-state index in [2.05, 4.69) is 4.74 Å². The lowest BCUT2D eigenvalue weighted by Gasteiger charge is -2.11. The highest BCUT2D eigenvalue weighted by Gasteiger charge is 2.13. The zero-order chi connectivity index (χ0) is 14.6. The summed E-state index contributed by atoms with van der Waals surface area (Å²) in [5.74, 6) is -1.28. The summed E-state index contributed by atoms with van der Waals surface area (Å²) in [4.78, 5) is 10.8. The predicted molar refractivity (Wildman–Crippen MR) is 67.5 cm³/mol. The van der Waals surface area contributed by atoms with E-state index < -0.39 is 12.6 Å². The van der Waals surface area contributed by atoms with Gasteiger partial charge in [0.15, 0.2) is 0 Å². The molecule has 0 atom stereocenters. The second-order valence-electron chi connectivity index (χ2n) is 3.71. The Morgan fingerprint density at radius 2 is 2.21 bits per heavy atom. The molecule has 0 aliphatic carbocycles. The van der Waals surface area contributed by atoms with E-state index in [1.54, 1.807) is 0 Å². The van der Waals surface area contributed by atoms with E-state index in [0.29, 0.717) is 11.1 Å². The maximum absolute atomic E-state index is 12.2. The molecule has 0 unspecified atom stereocenters. The summed E-state index contributed by atoms with van der Waals surface area (Å²) in [5.41, 5.74) is 6.10. The molecule has 1 rings (SSSR count). The minimum atomic E-state index is -2.98. The minimum absolute atomic E-state index is 0.0157. The van der Waals surface area contributed by atoms with Crippen LogP contribution in [0.15, 0.2) is 17.7 Å². The van der Waals surface area contributed by atoms with Crippen molar-refractivity contribution in [2.24, 2.45) is 5.73 Å². The standard InChI is InChI=1S/C12H12ClF2NO3/c1-6-2-7(3-8(5-16)11(17)18)4-9(13)10(6)19-12(14)15/h2-4,12H,5,16H2,1H3,(H,17,18). The average Bonchev–Trinajstić information content (AvgIpc) is 2.30. The minimum Gasteiger partial charge on any atom is -0.478 e. The Hall–Kier alpha value is -1.66. The first-order valence-corrected chi connectivity index (χ1v) is 5.61. The van der Waals surface area contributed by atoms with Crippen molar-refractivity contribution in [2.45, 2.75) is 13.5 Å². The quantitative estimate of drug-likeness (QED) is 0.818. The zero-order valence-electron chi connectivity index (χ0n) is 9.99. The van der Waals surface area contributed by atoms with Gasteiger partial charge in [-0.05, 0) is 36.3 Å². The molecule has 3 N–H and O–H groups in total. The van der Waals surface area contributed by atoms with E-state index in [1.165, 1.54) is 25.1 Å². The van der Waals surface area contributed by atoms with Crippen LogP contribution in [-0.4, -0.2) is 24.2 Å². The normalized spacial score (nSPS) is 11.8. The van der Waals surface area contributed by atoms with Crippen LogP contribution in [0.2, 0.25) is 5.02 Å². The van der Waals surface area contributed by atoms with Crippen LogP contribution in [0.1, 0.15) is 11.1 Å². The molecule has 4 nitrogen and oxygen atoms in total. The van der Waals surface area contributed by atoms with E-state index in [4.69, 9.17) is 22.4 Å². The van der Waals surface area contributed by atoms with Crippen LogP contribution < -0.4 is 10.5 Å². The van der Waals surface area contributed by atoms with Gasteiger partial charge in [-0.2, -0.15) is 8.78 Å². The maximum Gasteiger partial charge on any atom is 0.387 e. The number of hydrogen-bond donors (Lipinski definition) is 2. The summed E-state index contributed by atoms with van der Waals surface area (Å²) in [6.45, 7) is -1.60. The van der Waals surface area contributed by atoms with Gasteiger partial charge in [0.05, 0.1) is 10.6 Å². The van der Waals surface area contributed by atoms with Crippen molar-refractivity contribution in [1.82, 2.24) is 0 Å². The molecule has 0 spiro atoms. The number of rotatable bonds is 5. The van der Waals surface area contributed by atoms with Crippen molar-refractivity contribution >= 4 is 23.6 Å². The molecular weight excluding hydrogens is 280 g/mol. The monoisotopic (exact) mass is 291 g/mol. The van der Waals surface area contributed by atoms with Crippen molar-refractivity contribution < 1.29 is 23.4 Å². The molecule has 0 bridgehead atoms. The van der Waals surface area contributed by atoms with E-state index in [0.717, 1.165) is 0 Å². The fraction of sp³-hybridized carbons (Fsp3) is 0.250. The third kappa shape index (κ3) is 4.18. The van der Waals surface area contributed by atoms with E-state index >= 15 is 0 Å². The Labute approximate surface area is 113 Å². The van der Waals surface area contributed by atoms with Crippen LogP contribution in [0.3, 0.4) is 0 Å². The van der Waals surface area contributed by atoms with E-state index in [1.807, 2.05) is 0 Å². The molecule has 0 aliphatic rings. The highest BCUT2D eigenvalue weighted by molar-refractivity contribution is 6.32. The van der Waals surface area contributed by atoms with Crippen molar-refractivity contribution in [3.63, 3.8) is 0 Å². The van der Waals surface area contributed by atoms with Crippen molar-refractivity contribution in [1.29, 1.82) is 0 Å². The number of aliphatic carboxylic acids is 1. The van der Waals surface area contributed by atoms with Gasteiger partial charge < -0.3 is 15.6 Å². The molecule has 0 amide bonds. The number of halogens is 3. The molecule has 19 heavy (non-hydrogen) atoms. The largest absolute Gasteiger partial charge is 0.478 e. The molecule has 0 radical (unpaired) electrons. The number of ether oxygens (including phenoxy) is 1. The van der Waals surface area contributed by atoms with Crippen molar-refractivity contribution in [2.75, 3.05) is 6.54 Å². The lowest BCUT2D eigenvalue weighted by molar-refractivity contribution is -0.132. The van der Waals surface area contributed by atoms with Gasteiger partial charge in [0, 0.05) is 6.54 Å². The molecule has 7 heteroatoms. The van der Waals surface area contributed by atoms with Crippen LogP contribution in [0.25, 0.3) is 6.08 Å². The summed E-state index contributed by atoms with van der Waals surface area (Å²) >= 11 is 5.82. The average molecular weight is 292 g/mol. The number of carboxylic acid groups (broad SMARTS) is 1. The fourth-order valence-corrected chi connectivity index (χ4v) is 1.81. The fourth-order valence-electron chi connectivity index (χ4n) is 1.49. The van der Waals surface area contributed by atoms with Gasteiger partial charge in [0.1, 0.15) is 5.75 Å². The van der Waals surface area contributed by atoms with Gasteiger partial charge in [0.25, 0.3) is 0 Å². The zero-order valence-corrected chi connectivity index (χ0v) is 10.7. The van der Waals surface area contributed by atoms with Gasteiger partial charge in [-0.1, -0.05) is 11.6 Å². The van der Waals surface area contributed by atoms with Gasteiger partial charge in [-0.25, -0.2) is 4.79 Å².